The van der Waals surface area contributed by atoms with Gasteiger partial charge in [-0.3, -0.25) is 4.79 Å². The maximum atomic E-state index is 12.3. The Labute approximate surface area is 314 Å². The van der Waals surface area contributed by atoms with Gasteiger partial charge in [0.05, 0.1) is 0 Å². The Hall–Kier alpha value is -1.61. The predicted molar refractivity (Wildman–Crippen MR) is 224 cm³/mol. The summed E-state index contributed by atoms with van der Waals surface area (Å²) in [5.74, 6) is 0.873. The zero-order valence-electron chi connectivity index (χ0n) is 34.3. The lowest BCUT2D eigenvalue weighted by Gasteiger charge is -2.17. The Kier molecular flexibility index (Phi) is 40.5. The Bertz CT molecular complexity index is 810. The summed E-state index contributed by atoms with van der Waals surface area (Å²) in [5.41, 5.74) is 1.47. The Morgan fingerprint density at radius 3 is 1.66 bits per heavy atom. The molecule has 1 atom stereocenters. The van der Waals surface area contributed by atoms with Crippen LogP contribution in [0.15, 0.2) is 48.1 Å². The average molecular weight is 698 g/mol. The van der Waals surface area contributed by atoms with Gasteiger partial charge >= 0.3 is 5.97 Å². The molecule has 0 amide bonds. The van der Waals surface area contributed by atoms with Crippen molar-refractivity contribution in [3.05, 3.63) is 48.1 Å². The number of esters is 1. The molecule has 292 valence electrons. The smallest absolute Gasteiger partial charge is 0.306 e. The van der Waals surface area contributed by atoms with Crippen LogP contribution >= 0.6 is 0 Å². The van der Waals surface area contributed by atoms with Crippen LogP contribution in [0.25, 0.3) is 0 Å². The standard InChI is InChI=1S/C47H87NO2/c1-5-8-11-13-14-15-16-17-18-19-20-21-22-23-25-28-33-37-45(41-43-48-4)38-34-29-26-24-27-30-35-40-47(49)50-44-42-46(36-31-10-7-3)39-32-12-9-6-2/h6,9,14-15,17-18,42,45,48H,5,7-8,10-13,16,19-41,43-44H2,1-4H3/b9-6?,15-14-,18-17-,46-42+. The quantitative estimate of drug-likeness (QED) is 0.0395. The molecule has 3 heteroatoms. The van der Waals surface area contributed by atoms with Crippen molar-refractivity contribution in [2.75, 3.05) is 20.2 Å². The summed E-state index contributed by atoms with van der Waals surface area (Å²) in [6.45, 7) is 8.22. The van der Waals surface area contributed by atoms with E-state index in [1.807, 2.05) is 0 Å². The first-order valence-electron chi connectivity index (χ1n) is 22.1. The van der Waals surface area contributed by atoms with Gasteiger partial charge < -0.3 is 10.1 Å². The minimum Gasteiger partial charge on any atom is -0.461 e. The second-order valence-electron chi connectivity index (χ2n) is 15.0. The van der Waals surface area contributed by atoms with Crippen LogP contribution in [0.3, 0.4) is 0 Å². The van der Waals surface area contributed by atoms with Gasteiger partial charge in [0.2, 0.25) is 0 Å². The number of hydrogen-bond donors (Lipinski definition) is 1. The lowest BCUT2D eigenvalue weighted by Crippen LogP contribution is -2.13. The van der Waals surface area contributed by atoms with E-state index < -0.39 is 0 Å². The number of carbonyl (C=O) groups excluding carboxylic acids is 1. The van der Waals surface area contributed by atoms with Crippen molar-refractivity contribution in [1.29, 1.82) is 0 Å². The normalized spacial score (nSPS) is 13.0. The zero-order valence-corrected chi connectivity index (χ0v) is 34.3. The Morgan fingerprint density at radius 2 is 1.06 bits per heavy atom. The lowest BCUT2D eigenvalue weighted by atomic mass is 9.91. The molecule has 0 aliphatic carbocycles. The molecule has 3 nitrogen and oxygen atoms in total. The highest BCUT2D eigenvalue weighted by molar-refractivity contribution is 5.69. The van der Waals surface area contributed by atoms with Gasteiger partial charge in [-0.1, -0.05) is 171 Å². The van der Waals surface area contributed by atoms with E-state index in [0.29, 0.717) is 13.0 Å². The number of rotatable bonds is 39. The van der Waals surface area contributed by atoms with Crippen molar-refractivity contribution in [1.82, 2.24) is 5.32 Å². The summed E-state index contributed by atoms with van der Waals surface area (Å²) in [4.78, 5) is 12.3. The highest BCUT2D eigenvalue weighted by Gasteiger charge is 2.08. The second kappa shape index (κ2) is 41.8. The van der Waals surface area contributed by atoms with Crippen molar-refractivity contribution in [2.24, 2.45) is 5.92 Å². The molecule has 0 aliphatic rings. The van der Waals surface area contributed by atoms with Gasteiger partial charge in [-0.15, -0.1) is 0 Å². The fraction of sp³-hybridized carbons (Fsp3) is 0.809. The van der Waals surface area contributed by atoms with Gasteiger partial charge in [-0.05, 0) is 110 Å². The number of carbonyl (C=O) groups is 1. The van der Waals surface area contributed by atoms with Crippen LogP contribution in [0.2, 0.25) is 0 Å². The van der Waals surface area contributed by atoms with Crippen molar-refractivity contribution < 1.29 is 9.53 Å². The molecule has 0 heterocycles. The number of nitrogens with one attached hydrogen (secondary N) is 1. The lowest BCUT2D eigenvalue weighted by molar-refractivity contribution is -0.142. The minimum absolute atomic E-state index is 0.0221. The van der Waals surface area contributed by atoms with Gasteiger partial charge in [0.25, 0.3) is 0 Å². The SMILES string of the molecule is CC=CCCC/C(=C/COC(=O)CCCCCCCCCC(CCCCCCCCC/C=C\C/C=C\CCCCC)CCNC)CCCCC. The van der Waals surface area contributed by atoms with Crippen molar-refractivity contribution in [3.8, 4) is 0 Å². The van der Waals surface area contributed by atoms with Crippen molar-refractivity contribution >= 4 is 5.97 Å². The summed E-state index contributed by atoms with van der Waals surface area (Å²) < 4.78 is 5.57. The maximum Gasteiger partial charge on any atom is 0.306 e. The third kappa shape index (κ3) is 37.6. The zero-order chi connectivity index (χ0) is 36.4. The largest absolute Gasteiger partial charge is 0.461 e. The summed E-state index contributed by atoms with van der Waals surface area (Å²) in [7, 11) is 2.09. The first-order valence-corrected chi connectivity index (χ1v) is 22.1. The van der Waals surface area contributed by atoms with Crippen molar-refractivity contribution in [3.63, 3.8) is 0 Å². The third-order valence-electron chi connectivity index (χ3n) is 10.2. The topological polar surface area (TPSA) is 38.3 Å². The maximum absolute atomic E-state index is 12.3. The molecule has 1 N–H and O–H groups in total. The number of hydrogen-bond acceptors (Lipinski definition) is 3. The van der Waals surface area contributed by atoms with Gasteiger partial charge in [0, 0.05) is 6.42 Å². The van der Waals surface area contributed by atoms with Crippen LogP contribution in [-0.2, 0) is 9.53 Å². The molecule has 50 heavy (non-hydrogen) atoms. The third-order valence-corrected chi connectivity index (χ3v) is 10.2. The summed E-state index contributed by atoms with van der Waals surface area (Å²) in [5, 5.41) is 3.39. The van der Waals surface area contributed by atoms with Crippen LogP contribution in [0.1, 0.15) is 220 Å². The van der Waals surface area contributed by atoms with E-state index >= 15 is 0 Å². The summed E-state index contributed by atoms with van der Waals surface area (Å²) in [6.07, 6.45) is 55.3. The van der Waals surface area contributed by atoms with E-state index in [1.165, 1.54) is 160 Å². The molecule has 0 bridgehead atoms. The molecule has 0 fully saturated rings. The van der Waals surface area contributed by atoms with E-state index in [0.717, 1.165) is 51.0 Å². The van der Waals surface area contributed by atoms with Crippen LogP contribution in [-0.4, -0.2) is 26.2 Å². The Balaban J connectivity index is 3.82. The molecule has 1 unspecified atom stereocenters. The molecule has 0 rings (SSSR count). The Morgan fingerprint density at radius 1 is 0.560 bits per heavy atom. The van der Waals surface area contributed by atoms with E-state index in [9.17, 15) is 4.79 Å². The monoisotopic (exact) mass is 698 g/mol. The molecule has 0 aliphatic heterocycles. The van der Waals surface area contributed by atoms with Gasteiger partial charge in [-0.2, -0.15) is 0 Å². The number of ether oxygens (including phenoxy) is 1. The minimum atomic E-state index is -0.0221. The van der Waals surface area contributed by atoms with E-state index in [4.69, 9.17) is 4.74 Å². The summed E-state index contributed by atoms with van der Waals surface area (Å²) in [6, 6.07) is 0. The van der Waals surface area contributed by atoms with Crippen LogP contribution in [0, 0.1) is 5.92 Å². The molecular weight excluding hydrogens is 611 g/mol. The average Bonchev–Trinajstić information content (AvgIpc) is 3.12. The van der Waals surface area contributed by atoms with E-state index in [2.05, 4.69) is 75.7 Å². The highest BCUT2D eigenvalue weighted by atomic mass is 16.5. The first-order chi connectivity index (χ1) is 24.7. The second-order valence-corrected chi connectivity index (χ2v) is 15.0. The molecule has 0 saturated carbocycles. The number of allylic oxidation sites excluding steroid dienone is 7. The number of unbranched alkanes of at least 4 members (excludes halogenated alkanes) is 19. The highest BCUT2D eigenvalue weighted by Crippen LogP contribution is 2.22. The fourth-order valence-electron chi connectivity index (χ4n) is 6.84. The predicted octanol–water partition coefficient (Wildman–Crippen LogP) is 15.1. The first kappa shape index (κ1) is 48.4. The van der Waals surface area contributed by atoms with E-state index in [-0.39, 0.29) is 5.97 Å². The molecule has 0 aromatic carbocycles. The fourth-order valence-corrected chi connectivity index (χ4v) is 6.84. The summed E-state index contributed by atoms with van der Waals surface area (Å²) >= 11 is 0. The van der Waals surface area contributed by atoms with Crippen LogP contribution in [0.4, 0.5) is 0 Å². The molecule has 0 spiro atoms. The molecule has 0 radical (unpaired) electrons. The van der Waals surface area contributed by atoms with Crippen LogP contribution < -0.4 is 5.32 Å². The van der Waals surface area contributed by atoms with Gasteiger partial charge in [-0.25, -0.2) is 0 Å². The van der Waals surface area contributed by atoms with Crippen LogP contribution in [0.5, 0.6) is 0 Å². The van der Waals surface area contributed by atoms with Gasteiger partial charge in [0.1, 0.15) is 6.61 Å². The van der Waals surface area contributed by atoms with Gasteiger partial charge in [0.15, 0.2) is 0 Å². The molecule has 0 saturated heterocycles. The molecule has 0 aromatic rings. The van der Waals surface area contributed by atoms with E-state index in [1.54, 1.807) is 0 Å². The molecular formula is C47H87NO2. The van der Waals surface area contributed by atoms with Crippen molar-refractivity contribution in [2.45, 2.75) is 220 Å². The molecule has 0 aromatic heterocycles.